The summed E-state index contributed by atoms with van der Waals surface area (Å²) < 4.78 is 6.31. The number of aliphatic hydroxyl groups is 1. The highest BCUT2D eigenvalue weighted by Crippen LogP contribution is 2.38. The summed E-state index contributed by atoms with van der Waals surface area (Å²) in [4.78, 5) is 19.1. The maximum absolute atomic E-state index is 9.92. The van der Waals surface area contributed by atoms with Crippen LogP contribution in [-0.2, 0) is 13.1 Å². The molecule has 2 aliphatic heterocycles. The molecule has 2 saturated heterocycles. The van der Waals surface area contributed by atoms with E-state index in [2.05, 4.69) is 82.5 Å². The minimum absolute atomic E-state index is 0.234. The van der Waals surface area contributed by atoms with E-state index in [1.165, 1.54) is 18.4 Å². The van der Waals surface area contributed by atoms with Crippen molar-refractivity contribution in [1.29, 1.82) is 0 Å². The second-order valence-electron chi connectivity index (χ2n) is 13.3. The van der Waals surface area contributed by atoms with E-state index < -0.39 is 0 Å². The maximum Gasteiger partial charge on any atom is 0.227 e. The van der Waals surface area contributed by atoms with E-state index in [1.54, 1.807) is 0 Å². The number of fused-ring (bicyclic) bond motifs is 2. The Balaban J connectivity index is 1.08. The average molecular weight is 659 g/mol. The number of pyridine rings is 2. The van der Waals surface area contributed by atoms with Gasteiger partial charge < -0.3 is 14.8 Å². The van der Waals surface area contributed by atoms with Gasteiger partial charge in [-0.25, -0.2) is 9.97 Å². The lowest BCUT2D eigenvalue weighted by atomic mass is 9.93. The van der Waals surface area contributed by atoms with Gasteiger partial charge in [-0.1, -0.05) is 35.9 Å². The monoisotopic (exact) mass is 658 g/mol. The molecule has 2 aliphatic rings. The quantitative estimate of drug-likeness (QED) is 0.169. The van der Waals surface area contributed by atoms with Gasteiger partial charge in [-0.05, 0) is 116 Å². The largest absolute Gasteiger partial charge is 0.434 e. The minimum atomic E-state index is -0.234. The van der Waals surface area contributed by atoms with Gasteiger partial charge in [-0.2, -0.15) is 0 Å². The highest BCUT2D eigenvalue weighted by Gasteiger charge is 2.21. The van der Waals surface area contributed by atoms with Gasteiger partial charge in [0.1, 0.15) is 11.0 Å². The highest BCUT2D eigenvalue weighted by molar-refractivity contribution is 6.34. The van der Waals surface area contributed by atoms with Crippen LogP contribution in [0.4, 0.5) is 11.5 Å². The van der Waals surface area contributed by atoms with E-state index in [4.69, 9.17) is 26.0 Å². The zero-order chi connectivity index (χ0) is 32.8. The molecule has 0 spiro atoms. The van der Waals surface area contributed by atoms with E-state index in [0.29, 0.717) is 28.9 Å². The number of halogens is 1. The predicted octanol–water partition coefficient (Wildman–Crippen LogP) is 8.28. The summed E-state index contributed by atoms with van der Waals surface area (Å²) in [6.45, 7) is 9.79. The lowest BCUT2D eigenvalue weighted by Gasteiger charge is -2.17. The number of anilines is 2. The van der Waals surface area contributed by atoms with Gasteiger partial charge in [-0.15, -0.1) is 0 Å². The fourth-order valence-corrected chi connectivity index (χ4v) is 7.57. The van der Waals surface area contributed by atoms with Crippen molar-refractivity contribution in [2.45, 2.75) is 52.3 Å². The number of rotatable bonds is 8. The van der Waals surface area contributed by atoms with E-state index >= 15 is 0 Å². The SMILES string of the molecule is Cc1c(Nc2nccc3cc(CN4CCC(O)C4)cnc23)cccc1-c1cccc(-c2nc3cc(CN4CCCC4)cc(Cl)c3o2)c1C. The third kappa shape index (κ3) is 6.05. The van der Waals surface area contributed by atoms with Crippen molar-refractivity contribution in [3.8, 4) is 22.6 Å². The van der Waals surface area contributed by atoms with Crippen LogP contribution in [0, 0.1) is 13.8 Å². The first-order valence-electron chi connectivity index (χ1n) is 16.8. The van der Waals surface area contributed by atoms with Crippen LogP contribution >= 0.6 is 11.6 Å². The van der Waals surface area contributed by atoms with Crippen molar-refractivity contribution in [2.75, 3.05) is 31.5 Å². The van der Waals surface area contributed by atoms with Crippen molar-refractivity contribution in [3.05, 3.63) is 100 Å². The van der Waals surface area contributed by atoms with Crippen LogP contribution in [0.1, 0.15) is 41.5 Å². The number of benzene rings is 3. The molecule has 9 heteroatoms. The number of aliphatic hydroxyl groups excluding tert-OH is 1. The standard InChI is InChI=1S/C39H39ClN6O2/c1-24-30(7-5-9-32(24)39-44-35-19-26(18-33(40)37(35)48-39)21-45-14-3-4-15-45)31-8-6-10-34(25(31)2)43-38-36-28(11-13-41-38)17-27(20-42-36)22-46-16-12-29(47)23-46/h5-11,13,17-20,29,47H,3-4,12,14-16,21-23H2,1-2H3,(H,41,43). The summed E-state index contributed by atoms with van der Waals surface area (Å²) >= 11 is 6.72. The Morgan fingerprint density at radius 2 is 1.65 bits per heavy atom. The first-order chi connectivity index (χ1) is 23.4. The van der Waals surface area contributed by atoms with E-state index in [-0.39, 0.29) is 6.10 Å². The van der Waals surface area contributed by atoms with E-state index in [1.807, 2.05) is 24.5 Å². The molecule has 244 valence electrons. The smallest absolute Gasteiger partial charge is 0.227 e. The average Bonchev–Trinajstić information content (AvgIpc) is 3.84. The van der Waals surface area contributed by atoms with Crippen molar-refractivity contribution in [3.63, 3.8) is 0 Å². The van der Waals surface area contributed by atoms with E-state index in [9.17, 15) is 5.11 Å². The molecule has 1 unspecified atom stereocenters. The molecule has 6 aromatic rings. The van der Waals surface area contributed by atoms with Crippen molar-refractivity contribution in [1.82, 2.24) is 24.8 Å². The Morgan fingerprint density at radius 3 is 2.46 bits per heavy atom. The molecule has 0 radical (unpaired) electrons. The lowest BCUT2D eigenvalue weighted by molar-refractivity contribution is 0.175. The van der Waals surface area contributed by atoms with Crippen molar-refractivity contribution < 1.29 is 9.52 Å². The topological polar surface area (TPSA) is 90.5 Å². The zero-order valence-corrected chi connectivity index (χ0v) is 28.1. The molecule has 2 fully saturated rings. The molecule has 3 aromatic carbocycles. The molecule has 0 bridgehead atoms. The van der Waals surface area contributed by atoms with Crippen molar-refractivity contribution in [2.24, 2.45) is 0 Å². The Hall–Kier alpha value is -4.34. The number of hydrogen-bond acceptors (Lipinski definition) is 8. The summed E-state index contributed by atoms with van der Waals surface area (Å²) in [6.07, 6.45) is 6.84. The van der Waals surface area contributed by atoms with Gasteiger partial charge in [0.15, 0.2) is 11.4 Å². The molecule has 0 saturated carbocycles. The van der Waals surface area contributed by atoms with Gasteiger partial charge in [0.25, 0.3) is 0 Å². The van der Waals surface area contributed by atoms with Crippen LogP contribution in [0.25, 0.3) is 44.6 Å². The number of nitrogens with zero attached hydrogens (tertiary/aromatic N) is 5. The van der Waals surface area contributed by atoms with Crippen LogP contribution in [-0.4, -0.2) is 62.1 Å². The Labute approximate surface area is 285 Å². The lowest BCUT2D eigenvalue weighted by Crippen LogP contribution is -2.21. The summed E-state index contributed by atoms with van der Waals surface area (Å²) in [5, 5.41) is 15.1. The van der Waals surface area contributed by atoms with Gasteiger partial charge >= 0.3 is 0 Å². The van der Waals surface area contributed by atoms with Gasteiger partial charge in [0.05, 0.1) is 11.1 Å². The Kier molecular flexibility index (Phi) is 8.34. The van der Waals surface area contributed by atoms with Crippen LogP contribution in [0.2, 0.25) is 5.02 Å². The molecule has 48 heavy (non-hydrogen) atoms. The molecule has 1 atom stereocenters. The maximum atomic E-state index is 9.92. The number of oxazole rings is 1. The second kappa shape index (κ2) is 12.9. The number of β-amino-alcohol motifs (C(OH)–C–C–N with tert-alkyl or cyclic N) is 1. The molecule has 3 aromatic heterocycles. The minimum Gasteiger partial charge on any atom is -0.434 e. The second-order valence-corrected chi connectivity index (χ2v) is 13.7. The van der Waals surface area contributed by atoms with Crippen LogP contribution in [0.5, 0.6) is 0 Å². The molecule has 8 nitrogen and oxygen atoms in total. The molecule has 8 rings (SSSR count). The molecule has 0 aliphatic carbocycles. The number of hydrogen-bond donors (Lipinski definition) is 2. The zero-order valence-electron chi connectivity index (χ0n) is 27.3. The normalized spacial score (nSPS) is 17.2. The molecular formula is C39H39ClN6O2. The van der Waals surface area contributed by atoms with Crippen molar-refractivity contribution >= 4 is 45.1 Å². The fraction of sp³-hybridized carbons (Fsp3) is 0.308. The summed E-state index contributed by atoms with van der Waals surface area (Å²) in [5.74, 6) is 1.29. The Bertz CT molecular complexity index is 2140. The first-order valence-corrected chi connectivity index (χ1v) is 17.2. The van der Waals surface area contributed by atoms with Crippen LogP contribution in [0.3, 0.4) is 0 Å². The third-order valence-electron chi connectivity index (χ3n) is 9.86. The molecule has 2 N–H and O–H groups in total. The van der Waals surface area contributed by atoms with Gasteiger partial charge in [-0.3, -0.25) is 14.8 Å². The summed E-state index contributed by atoms with van der Waals surface area (Å²) in [6, 6.07) is 20.9. The number of nitrogens with one attached hydrogen (secondary N) is 1. The first kappa shape index (κ1) is 31.0. The highest BCUT2D eigenvalue weighted by atomic mass is 35.5. The summed E-state index contributed by atoms with van der Waals surface area (Å²) in [7, 11) is 0. The summed E-state index contributed by atoms with van der Waals surface area (Å²) in [5.41, 5.74) is 10.9. The molecule has 5 heterocycles. The van der Waals surface area contributed by atoms with Crippen LogP contribution < -0.4 is 5.32 Å². The predicted molar refractivity (Wildman–Crippen MR) is 193 cm³/mol. The van der Waals surface area contributed by atoms with Gasteiger partial charge in [0.2, 0.25) is 5.89 Å². The number of aromatic nitrogens is 3. The molecular weight excluding hydrogens is 620 g/mol. The van der Waals surface area contributed by atoms with Crippen LogP contribution in [0.15, 0.2) is 77.5 Å². The Morgan fingerprint density at radius 1 is 0.875 bits per heavy atom. The van der Waals surface area contributed by atoms with Gasteiger partial charge in [0, 0.05) is 55.2 Å². The fourth-order valence-electron chi connectivity index (χ4n) is 7.30. The third-order valence-corrected chi connectivity index (χ3v) is 10.1. The molecule has 0 amide bonds. The number of likely N-dealkylation sites (tertiary alicyclic amines) is 2. The van der Waals surface area contributed by atoms with E-state index in [0.717, 1.165) is 94.6 Å².